The summed E-state index contributed by atoms with van der Waals surface area (Å²) in [5, 5.41) is 2.87. The maximum atomic E-state index is 12.9. The molecule has 0 radical (unpaired) electrons. The first-order chi connectivity index (χ1) is 12.1. The van der Waals surface area contributed by atoms with Crippen LogP contribution in [-0.2, 0) is 11.3 Å². The van der Waals surface area contributed by atoms with Crippen molar-refractivity contribution in [3.63, 3.8) is 0 Å². The van der Waals surface area contributed by atoms with Crippen LogP contribution in [0, 0.1) is 5.82 Å². The lowest BCUT2D eigenvalue weighted by Crippen LogP contribution is -2.48. The van der Waals surface area contributed by atoms with Gasteiger partial charge in [0, 0.05) is 31.9 Å². The van der Waals surface area contributed by atoms with Crippen LogP contribution in [0.2, 0.25) is 0 Å². The van der Waals surface area contributed by atoms with E-state index < -0.39 is 0 Å². The van der Waals surface area contributed by atoms with Crippen LogP contribution in [0.4, 0.5) is 9.18 Å². The molecule has 7 heteroatoms. The fourth-order valence-electron chi connectivity index (χ4n) is 2.49. The average molecular weight is 345 g/mol. The summed E-state index contributed by atoms with van der Waals surface area (Å²) in [6.07, 6.45) is 1.70. The molecule has 6 nitrogen and oxygen atoms in total. The number of pyridine rings is 1. The van der Waals surface area contributed by atoms with Gasteiger partial charge in [0.05, 0.1) is 12.7 Å². The number of amides is 2. The Labute approximate surface area is 145 Å². The Balaban J connectivity index is 1.50. The summed E-state index contributed by atoms with van der Waals surface area (Å²) in [5.74, 6) is 0.598. The number of benzene rings is 1. The second kappa shape index (κ2) is 7.94. The van der Waals surface area contributed by atoms with Gasteiger partial charge >= 0.3 is 6.03 Å². The Bertz CT molecular complexity index is 707. The number of ether oxygens (including phenoxy) is 2. The lowest BCUT2D eigenvalue weighted by molar-refractivity contribution is -0.00351. The van der Waals surface area contributed by atoms with E-state index >= 15 is 0 Å². The van der Waals surface area contributed by atoms with Crippen molar-refractivity contribution in [3.8, 4) is 11.6 Å². The molecule has 1 aliphatic rings. The molecule has 1 aliphatic heterocycles. The van der Waals surface area contributed by atoms with Gasteiger partial charge in [-0.25, -0.2) is 14.2 Å². The van der Waals surface area contributed by atoms with E-state index in [1.807, 2.05) is 13.0 Å². The number of morpholine rings is 1. The van der Waals surface area contributed by atoms with E-state index in [1.165, 1.54) is 24.3 Å². The highest BCUT2D eigenvalue weighted by Gasteiger charge is 2.20. The van der Waals surface area contributed by atoms with Gasteiger partial charge in [-0.1, -0.05) is 6.07 Å². The van der Waals surface area contributed by atoms with Crippen molar-refractivity contribution < 1.29 is 18.7 Å². The molecule has 1 N–H and O–H groups in total. The van der Waals surface area contributed by atoms with Gasteiger partial charge in [0.25, 0.3) is 0 Å². The molecule has 132 valence electrons. The summed E-state index contributed by atoms with van der Waals surface area (Å²) >= 11 is 0. The van der Waals surface area contributed by atoms with Crippen molar-refractivity contribution in [3.05, 3.63) is 54.0 Å². The molecular weight excluding hydrogens is 325 g/mol. The SMILES string of the molecule is CC1CN(C(=O)NCc2ccc(Oc3ccc(F)cc3)nc2)CCO1. The molecule has 1 aromatic carbocycles. The zero-order valence-electron chi connectivity index (χ0n) is 13.9. The highest BCUT2D eigenvalue weighted by atomic mass is 19.1. The largest absolute Gasteiger partial charge is 0.439 e. The number of rotatable bonds is 4. The summed E-state index contributed by atoms with van der Waals surface area (Å²) in [6, 6.07) is 9.15. The third-order valence-corrected chi connectivity index (χ3v) is 3.81. The lowest BCUT2D eigenvalue weighted by Gasteiger charge is -2.31. The Kier molecular flexibility index (Phi) is 5.45. The van der Waals surface area contributed by atoms with E-state index in [0.29, 0.717) is 37.9 Å². The van der Waals surface area contributed by atoms with Crippen LogP contribution in [0.3, 0.4) is 0 Å². The minimum absolute atomic E-state index is 0.0593. The molecule has 2 heterocycles. The molecule has 1 atom stereocenters. The van der Waals surface area contributed by atoms with Crippen molar-refractivity contribution >= 4 is 6.03 Å². The number of carbonyl (C=O) groups excluding carboxylic acids is 1. The highest BCUT2D eigenvalue weighted by molar-refractivity contribution is 5.74. The van der Waals surface area contributed by atoms with Crippen molar-refractivity contribution in [2.75, 3.05) is 19.7 Å². The average Bonchev–Trinajstić information content (AvgIpc) is 2.63. The molecule has 0 bridgehead atoms. The van der Waals surface area contributed by atoms with E-state index in [-0.39, 0.29) is 18.0 Å². The van der Waals surface area contributed by atoms with E-state index in [2.05, 4.69) is 10.3 Å². The quantitative estimate of drug-likeness (QED) is 0.925. The molecule has 1 fully saturated rings. The molecule has 1 saturated heterocycles. The lowest BCUT2D eigenvalue weighted by atomic mass is 10.3. The van der Waals surface area contributed by atoms with Crippen LogP contribution in [0.1, 0.15) is 12.5 Å². The molecular formula is C18H20FN3O3. The third-order valence-electron chi connectivity index (χ3n) is 3.81. The Hall–Kier alpha value is -2.67. The molecule has 25 heavy (non-hydrogen) atoms. The maximum Gasteiger partial charge on any atom is 0.317 e. The summed E-state index contributed by atoms with van der Waals surface area (Å²) in [5.41, 5.74) is 0.862. The van der Waals surface area contributed by atoms with Gasteiger partial charge in [0.15, 0.2) is 0 Å². The number of urea groups is 1. The van der Waals surface area contributed by atoms with Gasteiger partial charge in [-0.15, -0.1) is 0 Å². The maximum absolute atomic E-state index is 12.9. The number of nitrogens with one attached hydrogen (secondary N) is 1. The molecule has 0 saturated carbocycles. The number of carbonyl (C=O) groups is 1. The minimum atomic E-state index is -0.318. The Morgan fingerprint density at radius 3 is 2.84 bits per heavy atom. The minimum Gasteiger partial charge on any atom is -0.439 e. The van der Waals surface area contributed by atoms with Gasteiger partial charge in [-0.3, -0.25) is 0 Å². The number of halogens is 1. The van der Waals surface area contributed by atoms with Gasteiger partial charge in [-0.2, -0.15) is 0 Å². The third kappa shape index (κ3) is 4.90. The summed E-state index contributed by atoms with van der Waals surface area (Å²) in [6.45, 7) is 4.08. The summed E-state index contributed by atoms with van der Waals surface area (Å²) in [4.78, 5) is 18.1. The van der Waals surface area contributed by atoms with Crippen LogP contribution in [-0.4, -0.2) is 41.7 Å². The molecule has 1 aromatic heterocycles. The molecule has 0 aliphatic carbocycles. The van der Waals surface area contributed by atoms with Gasteiger partial charge in [0.2, 0.25) is 5.88 Å². The predicted molar refractivity (Wildman–Crippen MR) is 89.9 cm³/mol. The first-order valence-electron chi connectivity index (χ1n) is 8.13. The molecule has 3 rings (SSSR count). The predicted octanol–water partition coefficient (Wildman–Crippen LogP) is 2.94. The van der Waals surface area contributed by atoms with Crippen molar-refractivity contribution in [2.24, 2.45) is 0 Å². The molecule has 2 amide bonds. The zero-order chi connectivity index (χ0) is 17.6. The summed E-state index contributed by atoms with van der Waals surface area (Å²) in [7, 11) is 0. The second-order valence-corrected chi connectivity index (χ2v) is 5.85. The molecule has 0 spiro atoms. The van der Waals surface area contributed by atoms with Crippen LogP contribution >= 0.6 is 0 Å². The van der Waals surface area contributed by atoms with Crippen LogP contribution in [0.15, 0.2) is 42.6 Å². The standard InChI is InChI=1S/C18H20FN3O3/c1-13-12-22(8-9-24-13)18(23)21-11-14-2-7-17(20-10-14)25-16-5-3-15(19)4-6-16/h2-7,10,13H,8-9,11-12H2,1H3,(H,21,23). The van der Waals surface area contributed by atoms with E-state index in [0.717, 1.165) is 5.56 Å². The van der Waals surface area contributed by atoms with E-state index in [9.17, 15) is 9.18 Å². The van der Waals surface area contributed by atoms with Crippen LogP contribution in [0.25, 0.3) is 0 Å². The monoisotopic (exact) mass is 345 g/mol. The smallest absolute Gasteiger partial charge is 0.317 e. The van der Waals surface area contributed by atoms with E-state index in [4.69, 9.17) is 9.47 Å². The number of hydrogen-bond acceptors (Lipinski definition) is 4. The zero-order valence-corrected chi connectivity index (χ0v) is 13.9. The fraction of sp³-hybridized carbons (Fsp3) is 0.333. The Morgan fingerprint density at radius 2 is 2.16 bits per heavy atom. The topological polar surface area (TPSA) is 63.7 Å². The first kappa shape index (κ1) is 17.2. The normalized spacial score (nSPS) is 17.2. The fourth-order valence-corrected chi connectivity index (χ4v) is 2.49. The van der Waals surface area contributed by atoms with Crippen molar-refractivity contribution in [1.29, 1.82) is 0 Å². The van der Waals surface area contributed by atoms with Gasteiger partial charge < -0.3 is 19.7 Å². The molecule has 1 unspecified atom stereocenters. The van der Waals surface area contributed by atoms with Crippen LogP contribution < -0.4 is 10.1 Å². The number of hydrogen-bond donors (Lipinski definition) is 1. The first-order valence-corrected chi connectivity index (χ1v) is 8.13. The van der Waals surface area contributed by atoms with Crippen LogP contribution in [0.5, 0.6) is 11.6 Å². The Morgan fingerprint density at radius 1 is 1.36 bits per heavy atom. The number of aromatic nitrogens is 1. The molecule has 2 aromatic rings. The van der Waals surface area contributed by atoms with Crippen molar-refractivity contribution in [1.82, 2.24) is 15.2 Å². The van der Waals surface area contributed by atoms with Gasteiger partial charge in [0.1, 0.15) is 11.6 Å². The summed E-state index contributed by atoms with van der Waals surface area (Å²) < 4.78 is 23.8. The highest BCUT2D eigenvalue weighted by Crippen LogP contribution is 2.19. The van der Waals surface area contributed by atoms with Crippen molar-refractivity contribution in [2.45, 2.75) is 19.6 Å². The number of nitrogens with zero attached hydrogens (tertiary/aromatic N) is 2. The van der Waals surface area contributed by atoms with Gasteiger partial charge in [-0.05, 0) is 36.8 Å². The van der Waals surface area contributed by atoms with E-state index in [1.54, 1.807) is 17.2 Å². The second-order valence-electron chi connectivity index (χ2n) is 5.85.